The van der Waals surface area contributed by atoms with Crippen LogP contribution in [0.1, 0.15) is 5.69 Å². The molecule has 0 amide bonds. The lowest BCUT2D eigenvalue weighted by Crippen LogP contribution is -2.06. The van der Waals surface area contributed by atoms with Crippen LogP contribution in [0.3, 0.4) is 0 Å². The van der Waals surface area contributed by atoms with Gasteiger partial charge in [0, 0.05) is 31.0 Å². The molecule has 0 saturated heterocycles. The highest BCUT2D eigenvalue weighted by Crippen LogP contribution is 2.35. The van der Waals surface area contributed by atoms with E-state index in [1.165, 1.54) is 6.33 Å². The van der Waals surface area contributed by atoms with Crippen LogP contribution in [-0.2, 0) is 16.0 Å². The molecule has 0 spiro atoms. The molecule has 0 saturated carbocycles. The number of carboxylic acid groups (broad SMARTS) is 1. The lowest BCUT2D eigenvalue weighted by atomic mass is 10.2. The number of fused-ring (bicyclic) bond motifs is 1. The number of nitrogens with zero attached hydrogens (tertiary/aromatic N) is 3. The molecule has 0 aliphatic carbocycles. The zero-order chi connectivity index (χ0) is 20.6. The standard InChI is InChI=1S/C18H20ClN5O5/c1-27-4-5-28-12-8-13-17(14(9-12)29-3-2-19)18(21-10-20-13)22-15-6-11(23-24-15)7-16(25)26/h6,8-10H,2-5,7H2,1H3,(H,25,26)(H2,20,21,22,23,24). The minimum atomic E-state index is -0.953. The van der Waals surface area contributed by atoms with Crippen molar-refractivity contribution in [1.29, 1.82) is 0 Å². The zero-order valence-electron chi connectivity index (χ0n) is 15.6. The van der Waals surface area contributed by atoms with Crippen molar-refractivity contribution >= 4 is 40.1 Å². The number of alkyl halides is 1. The summed E-state index contributed by atoms with van der Waals surface area (Å²) in [5, 5.41) is 19.3. The van der Waals surface area contributed by atoms with E-state index in [4.69, 9.17) is 30.9 Å². The van der Waals surface area contributed by atoms with Crippen molar-refractivity contribution in [3.8, 4) is 11.5 Å². The molecule has 3 N–H and O–H groups in total. The second kappa shape index (κ2) is 9.89. The number of nitrogens with one attached hydrogen (secondary N) is 2. The molecule has 0 atom stereocenters. The molecule has 0 radical (unpaired) electrons. The minimum Gasteiger partial charge on any atom is -0.491 e. The molecule has 0 aliphatic heterocycles. The van der Waals surface area contributed by atoms with Gasteiger partial charge in [-0.05, 0) is 0 Å². The second-order valence-electron chi connectivity index (χ2n) is 5.89. The Labute approximate surface area is 171 Å². The van der Waals surface area contributed by atoms with Gasteiger partial charge in [-0.2, -0.15) is 5.10 Å². The SMILES string of the molecule is COCCOc1cc(OCCCl)c2c(Nc3cc(CC(=O)O)[nH]n3)ncnc2c1. The lowest BCUT2D eigenvalue weighted by Gasteiger charge is -2.14. The Morgan fingerprint density at radius 2 is 2.07 bits per heavy atom. The van der Waals surface area contributed by atoms with Crippen molar-refractivity contribution in [3.63, 3.8) is 0 Å². The summed E-state index contributed by atoms with van der Waals surface area (Å²) in [5.41, 5.74) is 1.06. The molecule has 11 heteroatoms. The number of H-pyrrole nitrogens is 1. The average molecular weight is 422 g/mol. The molecule has 0 bridgehead atoms. The molecule has 3 aromatic rings. The Morgan fingerprint density at radius 1 is 1.21 bits per heavy atom. The first kappa shape index (κ1) is 20.6. The van der Waals surface area contributed by atoms with E-state index in [1.807, 2.05) is 0 Å². The van der Waals surface area contributed by atoms with E-state index in [2.05, 4.69) is 25.5 Å². The number of methoxy groups -OCH3 is 1. The number of rotatable bonds is 11. The van der Waals surface area contributed by atoms with Gasteiger partial charge in [0.1, 0.15) is 36.9 Å². The highest BCUT2D eigenvalue weighted by Gasteiger charge is 2.15. The molecular formula is C18H20ClN5O5. The smallest absolute Gasteiger partial charge is 0.309 e. The Bertz CT molecular complexity index is 980. The van der Waals surface area contributed by atoms with Gasteiger partial charge in [-0.1, -0.05) is 0 Å². The van der Waals surface area contributed by atoms with E-state index >= 15 is 0 Å². The largest absolute Gasteiger partial charge is 0.491 e. The fraction of sp³-hybridized carbons (Fsp3) is 0.333. The van der Waals surface area contributed by atoms with Crippen LogP contribution in [0.5, 0.6) is 11.5 Å². The first-order valence-electron chi connectivity index (χ1n) is 8.73. The maximum absolute atomic E-state index is 10.8. The summed E-state index contributed by atoms with van der Waals surface area (Å²) >= 11 is 5.78. The van der Waals surface area contributed by atoms with E-state index < -0.39 is 5.97 Å². The number of benzene rings is 1. The summed E-state index contributed by atoms with van der Waals surface area (Å²) in [6.45, 7) is 1.12. The maximum atomic E-state index is 10.8. The monoisotopic (exact) mass is 421 g/mol. The normalized spacial score (nSPS) is 10.8. The Hall–Kier alpha value is -3.11. The molecule has 0 unspecified atom stereocenters. The predicted octanol–water partition coefficient (Wildman–Crippen LogP) is 2.37. The average Bonchev–Trinajstić information content (AvgIpc) is 3.12. The topological polar surface area (TPSA) is 131 Å². The molecule has 3 rings (SSSR count). The van der Waals surface area contributed by atoms with Crippen LogP contribution in [0.25, 0.3) is 10.9 Å². The highest BCUT2D eigenvalue weighted by atomic mass is 35.5. The zero-order valence-corrected chi connectivity index (χ0v) is 16.4. The number of carbonyl (C=O) groups is 1. The minimum absolute atomic E-state index is 0.161. The number of anilines is 2. The number of aromatic amines is 1. The van der Waals surface area contributed by atoms with Crippen LogP contribution < -0.4 is 14.8 Å². The quantitative estimate of drug-likeness (QED) is 0.315. The number of ether oxygens (including phenoxy) is 3. The third kappa shape index (κ3) is 5.46. The molecule has 0 aliphatic rings. The maximum Gasteiger partial charge on any atom is 0.309 e. The molecule has 1 aromatic carbocycles. The molecule has 2 aromatic heterocycles. The van der Waals surface area contributed by atoms with Gasteiger partial charge in [0.15, 0.2) is 5.82 Å². The lowest BCUT2D eigenvalue weighted by molar-refractivity contribution is -0.136. The van der Waals surface area contributed by atoms with Crippen molar-refractivity contribution in [1.82, 2.24) is 20.2 Å². The van der Waals surface area contributed by atoms with Gasteiger partial charge in [0.2, 0.25) is 0 Å². The molecule has 0 fully saturated rings. The van der Waals surface area contributed by atoms with Crippen LogP contribution in [0.15, 0.2) is 24.5 Å². The van der Waals surface area contributed by atoms with Crippen LogP contribution in [0, 0.1) is 0 Å². The number of aromatic nitrogens is 4. The van der Waals surface area contributed by atoms with Crippen LogP contribution in [-0.4, -0.2) is 64.1 Å². The van der Waals surface area contributed by atoms with Gasteiger partial charge in [0.05, 0.1) is 29.8 Å². The van der Waals surface area contributed by atoms with E-state index in [9.17, 15) is 4.79 Å². The fourth-order valence-electron chi connectivity index (χ4n) is 2.61. The van der Waals surface area contributed by atoms with Gasteiger partial charge >= 0.3 is 5.97 Å². The first-order chi connectivity index (χ1) is 14.1. The Kier molecular flexibility index (Phi) is 7.04. The summed E-state index contributed by atoms with van der Waals surface area (Å²) < 4.78 is 16.5. The van der Waals surface area contributed by atoms with Gasteiger partial charge < -0.3 is 24.6 Å². The fourth-order valence-corrected chi connectivity index (χ4v) is 2.69. The van der Waals surface area contributed by atoms with E-state index in [0.29, 0.717) is 58.8 Å². The van der Waals surface area contributed by atoms with Gasteiger partial charge in [-0.25, -0.2) is 9.97 Å². The third-order valence-corrected chi connectivity index (χ3v) is 3.94. The Morgan fingerprint density at radius 3 is 2.83 bits per heavy atom. The third-order valence-electron chi connectivity index (χ3n) is 3.79. The number of aliphatic carboxylic acids is 1. The van der Waals surface area contributed by atoms with Crippen molar-refractivity contribution < 1.29 is 24.1 Å². The summed E-state index contributed by atoms with van der Waals surface area (Å²) in [6, 6.07) is 5.11. The van der Waals surface area contributed by atoms with Crippen LogP contribution >= 0.6 is 11.6 Å². The van der Waals surface area contributed by atoms with E-state index in [-0.39, 0.29) is 13.0 Å². The number of hydrogen-bond donors (Lipinski definition) is 3. The summed E-state index contributed by atoms with van der Waals surface area (Å²) in [5.74, 6) is 1.31. The summed E-state index contributed by atoms with van der Waals surface area (Å²) in [6.07, 6.45) is 1.24. The summed E-state index contributed by atoms with van der Waals surface area (Å²) in [4.78, 5) is 19.4. The molecule has 2 heterocycles. The molecular weight excluding hydrogens is 402 g/mol. The first-order valence-corrected chi connectivity index (χ1v) is 9.26. The van der Waals surface area contributed by atoms with Crippen molar-refractivity contribution in [2.75, 3.05) is 38.1 Å². The van der Waals surface area contributed by atoms with E-state index in [1.54, 1.807) is 25.3 Å². The number of halogens is 1. The van der Waals surface area contributed by atoms with Crippen molar-refractivity contribution in [2.45, 2.75) is 6.42 Å². The molecule has 154 valence electrons. The van der Waals surface area contributed by atoms with Crippen LogP contribution in [0.2, 0.25) is 0 Å². The predicted molar refractivity (Wildman–Crippen MR) is 106 cm³/mol. The van der Waals surface area contributed by atoms with Crippen LogP contribution in [0.4, 0.5) is 11.6 Å². The number of hydrogen-bond acceptors (Lipinski definition) is 8. The van der Waals surface area contributed by atoms with Gasteiger partial charge in [-0.15, -0.1) is 11.6 Å². The molecule has 29 heavy (non-hydrogen) atoms. The highest BCUT2D eigenvalue weighted by molar-refractivity contribution is 6.18. The Balaban J connectivity index is 1.94. The summed E-state index contributed by atoms with van der Waals surface area (Å²) in [7, 11) is 1.60. The molecule has 10 nitrogen and oxygen atoms in total. The van der Waals surface area contributed by atoms with Gasteiger partial charge in [0.25, 0.3) is 0 Å². The van der Waals surface area contributed by atoms with E-state index in [0.717, 1.165) is 0 Å². The van der Waals surface area contributed by atoms with Crippen molar-refractivity contribution in [3.05, 3.63) is 30.2 Å². The van der Waals surface area contributed by atoms with Gasteiger partial charge in [-0.3, -0.25) is 9.89 Å². The number of carboxylic acids is 1. The second-order valence-corrected chi connectivity index (χ2v) is 6.27. The van der Waals surface area contributed by atoms with Crippen molar-refractivity contribution in [2.24, 2.45) is 0 Å².